The lowest BCUT2D eigenvalue weighted by Gasteiger charge is -2.18. The molecule has 0 aliphatic heterocycles. The number of amides is 1. The van der Waals surface area contributed by atoms with Crippen LogP contribution in [-0.4, -0.2) is 35.9 Å². The molecule has 0 aliphatic rings. The average Bonchev–Trinajstić information content (AvgIpc) is 2.76. The molecule has 0 bridgehead atoms. The van der Waals surface area contributed by atoms with Gasteiger partial charge in [-0.05, 0) is 53.9 Å². The summed E-state index contributed by atoms with van der Waals surface area (Å²) in [5.74, 6) is 0.855. The Balaban J connectivity index is 1.40. The summed E-state index contributed by atoms with van der Waals surface area (Å²) in [5, 5.41) is 3.17. The van der Waals surface area contributed by atoms with E-state index < -0.39 is 0 Å². The molecule has 3 aromatic rings. The number of carbonyl (C=O) groups excluding carboxylic acids is 1. The molecule has 0 radical (unpaired) electrons. The molecule has 3 rings (SSSR count). The quantitative estimate of drug-likeness (QED) is 0.618. The summed E-state index contributed by atoms with van der Waals surface area (Å²) in [6.07, 6.45) is 4.36. The van der Waals surface area contributed by atoms with Crippen molar-refractivity contribution in [3.8, 4) is 5.75 Å². The highest BCUT2D eigenvalue weighted by Crippen LogP contribution is 2.17. The first-order chi connectivity index (χ1) is 13.7. The fraction of sp³-hybridized carbons (Fsp3) is 0.217. The highest BCUT2D eigenvalue weighted by Gasteiger charge is 2.08. The predicted octanol–water partition coefficient (Wildman–Crippen LogP) is 3.77. The maximum absolute atomic E-state index is 12.3. The minimum Gasteiger partial charge on any atom is -0.489 e. The molecule has 1 heterocycles. The van der Waals surface area contributed by atoms with E-state index in [-0.39, 0.29) is 12.5 Å². The van der Waals surface area contributed by atoms with Gasteiger partial charge >= 0.3 is 0 Å². The number of nitrogens with zero attached hydrogens (tertiary/aromatic N) is 2. The van der Waals surface area contributed by atoms with Gasteiger partial charge in [-0.1, -0.05) is 30.3 Å². The van der Waals surface area contributed by atoms with Crippen molar-refractivity contribution in [2.24, 2.45) is 0 Å². The number of carbonyl (C=O) groups is 1. The number of aromatic nitrogens is 1. The van der Waals surface area contributed by atoms with Gasteiger partial charge in [0.1, 0.15) is 12.4 Å². The SMILES string of the molecule is CN(CCc1ccncc1)C(=O)CNc1ccc(OCc2ccccc2)cc1. The number of pyridine rings is 1. The molecule has 0 atom stereocenters. The second-order valence-corrected chi connectivity index (χ2v) is 6.57. The molecule has 0 fully saturated rings. The summed E-state index contributed by atoms with van der Waals surface area (Å²) < 4.78 is 5.78. The lowest BCUT2D eigenvalue weighted by Crippen LogP contribution is -2.33. The maximum Gasteiger partial charge on any atom is 0.241 e. The molecule has 0 unspecified atom stereocenters. The Hall–Kier alpha value is -3.34. The van der Waals surface area contributed by atoms with Crippen LogP contribution in [0.5, 0.6) is 5.75 Å². The third-order valence-electron chi connectivity index (χ3n) is 4.46. The van der Waals surface area contributed by atoms with Crippen LogP contribution in [0.3, 0.4) is 0 Å². The number of ether oxygens (including phenoxy) is 1. The Kier molecular flexibility index (Phi) is 7.01. The first kappa shape index (κ1) is 19.4. The van der Waals surface area contributed by atoms with E-state index in [0.717, 1.165) is 23.4 Å². The number of likely N-dealkylation sites (N-methyl/N-ethyl adjacent to an activating group) is 1. The largest absolute Gasteiger partial charge is 0.489 e. The molecule has 1 N–H and O–H groups in total. The van der Waals surface area contributed by atoms with E-state index in [0.29, 0.717) is 13.2 Å². The van der Waals surface area contributed by atoms with E-state index in [1.807, 2.05) is 73.8 Å². The topological polar surface area (TPSA) is 54.5 Å². The monoisotopic (exact) mass is 375 g/mol. The van der Waals surface area contributed by atoms with Crippen molar-refractivity contribution in [2.75, 3.05) is 25.5 Å². The molecule has 1 aromatic heterocycles. The van der Waals surface area contributed by atoms with E-state index in [2.05, 4.69) is 10.3 Å². The van der Waals surface area contributed by atoms with Gasteiger partial charge in [0.05, 0.1) is 6.54 Å². The van der Waals surface area contributed by atoms with E-state index in [4.69, 9.17) is 4.74 Å². The third kappa shape index (κ3) is 6.13. The van der Waals surface area contributed by atoms with E-state index in [9.17, 15) is 4.79 Å². The van der Waals surface area contributed by atoms with Crippen molar-refractivity contribution in [3.63, 3.8) is 0 Å². The molecule has 2 aromatic carbocycles. The summed E-state index contributed by atoms with van der Waals surface area (Å²) in [6.45, 7) is 1.47. The number of anilines is 1. The van der Waals surface area contributed by atoms with Crippen molar-refractivity contribution in [1.82, 2.24) is 9.88 Å². The highest BCUT2D eigenvalue weighted by molar-refractivity contribution is 5.80. The Morgan fingerprint density at radius 3 is 2.39 bits per heavy atom. The van der Waals surface area contributed by atoms with Crippen molar-refractivity contribution < 1.29 is 9.53 Å². The van der Waals surface area contributed by atoms with Crippen LogP contribution in [0, 0.1) is 0 Å². The Morgan fingerprint density at radius 1 is 0.964 bits per heavy atom. The zero-order valence-corrected chi connectivity index (χ0v) is 16.0. The summed E-state index contributed by atoms with van der Waals surface area (Å²) >= 11 is 0. The van der Waals surface area contributed by atoms with Crippen LogP contribution in [0.2, 0.25) is 0 Å². The molecule has 1 amide bonds. The van der Waals surface area contributed by atoms with Crippen LogP contribution in [0.1, 0.15) is 11.1 Å². The zero-order chi connectivity index (χ0) is 19.6. The number of benzene rings is 2. The average molecular weight is 375 g/mol. The fourth-order valence-electron chi connectivity index (χ4n) is 2.69. The summed E-state index contributed by atoms with van der Waals surface area (Å²) in [5.41, 5.74) is 3.20. The summed E-state index contributed by atoms with van der Waals surface area (Å²) in [7, 11) is 1.83. The molecule has 28 heavy (non-hydrogen) atoms. The first-order valence-corrected chi connectivity index (χ1v) is 9.34. The lowest BCUT2D eigenvalue weighted by molar-refractivity contribution is -0.127. The minimum absolute atomic E-state index is 0.0541. The second kappa shape index (κ2) is 10.1. The molecule has 0 aliphatic carbocycles. The van der Waals surface area contributed by atoms with Gasteiger partial charge in [-0.3, -0.25) is 9.78 Å². The normalized spacial score (nSPS) is 10.3. The molecule has 144 valence electrons. The van der Waals surface area contributed by atoms with Gasteiger partial charge in [-0.2, -0.15) is 0 Å². The van der Waals surface area contributed by atoms with Gasteiger partial charge < -0.3 is 15.0 Å². The van der Waals surface area contributed by atoms with Gasteiger partial charge in [0.15, 0.2) is 0 Å². The number of rotatable bonds is 9. The zero-order valence-electron chi connectivity index (χ0n) is 16.0. The van der Waals surface area contributed by atoms with Crippen molar-refractivity contribution in [3.05, 3.63) is 90.3 Å². The van der Waals surface area contributed by atoms with Gasteiger partial charge in [0.25, 0.3) is 0 Å². The molecular formula is C23H25N3O2. The molecule has 0 saturated carbocycles. The van der Waals surface area contributed by atoms with Crippen molar-refractivity contribution >= 4 is 11.6 Å². The van der Waals surface area contributed by atoms with Crippen LogP contribution in [0.25, 0.3) is 0 Å². The van der Waals surface area contributed by atoms with Gasteiger partial charge in [-0.25, -0.2) is 0 Å². The molecule has 0 saturated heterocycles. The molecule has 5 nitrogen and oxygen atoms in total. The van der Waals surface area contributed by atoms with Crippen LogP contribution >= 0.6 is 0 Å². The number of nitrogens with one attached hydrogen (secondary N) is 1. The van der Waals surface area contributed by atoms with Crippen molar-refractivity contribution in [2.45, 2.75) is 13.0 Å². The Labute approximate surface area is 166 Å². The third-order valence-corrected chi connectivity index (χ3v) is 4.46. The minimum atomic E-state index is 0.0541. The van der Waals surface area contributed by atoms with Crippen LogP contribution in [-0.2, 0) is 17.8 Å². The molecular weight excluding hydrogens is 350 g/mol. The van der Waals surface area contributed by atoms with E-state index >= 15 is 0 Å². The lowest BCUT2D eigenvalue weighted by atomic mass is 10.2. The predicted molar refractivity (Wildman–Crippen MR) is 111 cm³/mol. The Bertz CT molecular complexity index is 852. The van der Waals surface area contributed by atoms with Crippen molar-refractivity contribution in [1.29, 1.82) is 0 Å². The van der Waals surface area contributed by atoms with E-state index in [1.54, 1.807) is 17.3 Å². The maximum atomic E-state index is 12.3. The second-order valence-electron chi connectivity index (χ2n) is 6.57. The molecule has 0 spiro atoms. The standard InChI is InChI=1S/C23H25N3O2/c1-26(16-13-19-11-14-24-15-12-19)23(27)17-25-21-7-9-22(10-8-21)28-18-20-5-3-2-4-6-20/h2-12,14-15,25H,13,16-18H2,1H3. The summed E-state index contributed by atoms with van der Waals surface area (Å²) in [6, 6.07) is 21.6. The smallest absolute Gasteiger partial charge is 0.241 e. The van der Waals surface area contributed by atoms with Gasteiger partial charge in [0.2, 0.25) is 5.91 Å². The number of hydrogen-bond acceptors (Lipinski definition) is 4. The first-order valence-electron chi connectivity index (χ1n) is 9.34. The van der Waals surface area contributed by atoms with Crippen LogP contribution < -0.4 is 10.1 Å². The fourth-order valence-corrected chi connectivity index (χ4v) is 2.69. The highest BCUT2D eigenvalue weighted by atomic mass is 16.5. The Morgan fingerprint density at radius 2 is 1.68 bits per heavy atom. The van der Waals surface area contributed by atoms with Crippen LogP contribution in [0.15, 0.2) is 79.1 Å². The van der Waals surface area contributed by atoms with E-state index in [1.165, 1.54) is 5.56 Å². The van der Waals surface area contributed by atoms with Gasteiger partial charge in [0, 0.05) is 31.7 Å². The van der Waals surface area contributed by atoms with Gasteiger partial charge in [-0.15, -0.1) is 0 Å². The number of hydrogen-bond donors (Lipinski definition) is 1. The molecule has 5 heteroatoms. The summed E-state index contributed by atoms with van der Waals surface area (Å²) in [4.78, 5) is 18.0. The van der Waals surface area contributed by atoms with Crippen LogP contribution in [0.4, 0.5) is 5.69 Å².